The molecular formula is C27H30N2O6. The van der Waals surface area contributed by atoms with Gasteiger partial charge in [-0.25, -0.2) is 9.59 Å². The van der Waals surface area contributed by atoms with Crippen LogP contribution in [0.5, 0.6) is 0 Å². The Balaban J connectivity index is 1.22. The molecule has 1 aliphatic heterocycles. The number of carboxylic acids is 1. The summed E-state index contributed by atoms with van der Waals surface area (Å²) in [5.41, 5.74) is 3.74. The Kier molecular flexibility index (Phi) is 6.23. The van der Waals surface area contributed by atoms with Gasteiger partial charge in [0.15, 0.2) is 6.10 Å². The summed E-state index contributed by atoms with van der Waals surface area (Å²) in [6, 6.07) is 15.3. The molecule has 2 aliphatic carbocycles. The summed E-state index contributed by atoms with van der Waals surface area (Å²) in [5.74, 6) is -1.39. The normalized spacial score (nSPS) is 27.2. The molecule has 1 heterocycles. The average Bonchev–Trinajstić information content (AvgIpc) is 3.55. The Hall–Kier alpha value is -3.39. The van der Waals surface area contributed by atoms with Crippen LogP contribution in [-0.2, 0) is 19.1 Å². The van der Waals surface area contributed by atoms with E-state index in [9.17, 15) is 19.5 Å². The molecule has 2 amide bonds. The molecule has 3 aliphatic rings. The van der Waals surface area contributed by atoms with Gasteiger partial charge in [0, 0.05) is 18.6 Å². The third-order valence-corrected chi connectivity index (χ3v) is 7.76. The zero-order chi connectivity index (χ0) is 24.6. The van der Waals surface area contributed by atoms with E-state index in [1.54, 1.807) is 0 Å². The van der Waals surface area contributed by atoms with E-state index in [4.69, 9.17) is 9.47 Å². The average molecular weight is 479 g/mol. The molecule has 4 atom stereocenters. The van der Waals surface area contributed by atoms with Crippen molar-refractivity contribution in [3.63, 3.8) is 0 Å². The highest BCUT2D eigenvalue weighted by atomic mass is 16.5. The van der Waals surface area contributed by atoms with Crippen molar-refractivity contribution in [3.05, 3.63) is 59.7 Å². The monoisotopic (exact) mass is 478 g/mol. The third kappa shape index (κ3) is 4.27. The van der Waals surface area contributed by atoms with Gasteiger partial charge in [-0.15, -0.1) is 0 Å². The lowest BCUT2D eigenvalue weighted by molar-refractivity contribution is -0.148. The van der Waals surface area contributed by atoms with E-state index in [-0.39, 0.29) is 18.4 Å². The van der Waals surface area contributed by atoms with E-state index in [1.165, 1.54) is 0 Å². The van der Waals surface area contributed by atoms with Gasteiger partial charge in [-0.1, -0.05) is 55.0 Å². The molecule has 0 aromatic heterocycles. The summed E-state index contributed by atoms with van der Waals surface area (Å²) < 4.78 is 10.9. The fraction of sp³-hybridized carbons (Fsp3) is 0.444. The molecular weight excluding hydrogens is 448 g/mol. The van der Waals surface area contributed by atoms with Gasteiger partial charge in [-0.2, -0.15) is 0 Å². The highest BCUT2D eigenvalue weighted by Gasteiger charge is 2.48. The number of nitrogens with one attached hydrogen (secondary N) is 2. The van der Waals surface area contributed by atoms with Crippen molar-refractivity contribution in [2.45, 2.75) is 56.7 Å². The minimum absolute atomic E-state index is 0.0401. The maximum Gasteiger partial charge on any atom is 0.407 e. The lowest BCUT2D eigenvalue weighted by atomic mass is 9.83. The second-order valence-corrected chi connectivity index (χ2v) is 9.83. The maximum absolute atomic E-state index is 13.2. The SMILES string of the molecule is CC1(C(=O)N[C@H]2CCO[C@H]2C(=O)O)CCCC1NC(=O)OCC1c2ccccc2-c2ccccc21. The van der Waals surface area contributed by atoms with Crippen molar-refractivity contribution in [2.75, 3.05) is 13.2 Å². The molecule has 0 radical (unpaired) electrons. The Morgan fingerprint density at radius 3 is 2.34 bits per heavy atom. The lowest BCUT2D eigenvalue weighted by Crippen LogP contribution is -2.55. The van der Waals surface area contributed by atoms with Crippen molar-refractivity contribution >= 4 is 18.0 Å². The molecule has 8 heteroatoms. The van der Waals surface area contributed by atoms with Gasteiger partial charge in [-0.3, -0.25) is 4.79 Å². The van der Waals surface area contributed by atoms with Gasteiger partial charge in [0.05, 0.1) is 11.5 Å². The standard InChI is InChI=1S/C27H30N2O6/c1-27(25(32)28-21-12-14-34-23(21)24(30)31)13-6-11-22(27)29-26(33)35-15-20-18-9-4-2-7-16(18)17-8-3-5-10-19(17)20/h2-5,7-10,20-23H,6,11-15H2,1H3,(H,28,32)(H,29,33)(H,30,31)/t21-,22?,23+,27?/m0/s1. The van der Waals surface area contributed by atoms with E-state index in [1.807, 2.05) is 31.2 Å². The first-order valence-electron chi connectivity index (χ1n) is 12.2. The number of aliphatic carboxylic acids is 1. The summed E-state index contributed by atoms with van der Waals surface area (Å²) in [7, 11) is 0. The number of amides is 2. The molecule has 184 valence electrons. The largest absolute Gasteiger partial charge is 0.479 e. The number of rotatable bonds is 6. The van der Waals surface area contributed by atoms with Crippen molar-refractivity contribution < 1.29 is 29.0 Å². The summed E-state index contributed by atoms with van der Waals surface area (Å²) in [4.78, 5) is 37.4. The van der Waals surface area contributed by atoms with Crippen LogP contribution in [0.3, 0.4) is 0 Å². The molecule has 2 aromatic rings. The van der Waals surface area contributed by atoms with Gasteiger partial charge in [0.2, 0.25) is 5.91 Å². The first kappa shape index (κ1) is 23.4. The molecule has 0 bridgehead atoms. The molecule has 1 saturated heterocycles. The quantitative estimate of drug-likeness (QED) is 0.586. The van der Waals surface area contributed by atoms with Gasteiger partial charge >= 0.3 is 12.1 Å². The zero-order valence-electron chi connectivity index (χ0n) is 19.7. The number of benzene rings is 2. The summed E-state index contributed by atoms with van der Waals surface area (Å²) in [5, 5.41) is 15.1. The molecule has 3 N–H and O–H groups in total. The van der Waals surface area contributed by atoms with E-state index in [2.05, 4.69) is 34.9 Å². The van der Waals surface area contributed by atoms with Crippen molar-refractivity contribution in [3.8, 4) is 11.1 Å². The number of fused-ring (bicyclic) bond motifs is 3. The number of carbonyl (C=O) groups excluding carboxylic acids is 2. The Morgan fingerprint density at radius 2 is 1.69 bits per heavy atom. The number of carboxylic acid groups (broad SMARTS) is 1. The molecule has 2 fully saturated rings. The number of hydrogen-bond donors (Lipinski definition) is 3. The molecule has 35 heavy (non-hydrogen) atoms. The molecule has 5 rings (SSSR count). The third-order valence-electron chi connectivity index (χ3n) is 7.76. The van der Waals surface area contributed by atoms with E-state index in [0.717, 1.165) is 28.7 Å². The molecule has 8 nitrogen and oxygen atoms in total. The van der Waals surface area contributed by atoms with Crippen molar-refractivity contribution in [1.29, 1.82) is 0 Å². The highest BCUT2D eigenvalue weighted by molar-refractivity contribution is 5.86. The van der Waals surface area contributed by atoms with E-state index < -0.39 is 35.7 Å². The first-order chi connectivity index (χ1) is 16.9. The fourth-order valence-electron chi connectivity index (χ4n) is 5.77. The van der Waals surface area contributed by atoms with Crippen LogP contribution in [0.1, 0.15) is 49.7 Å². The van der Waals surface area contributed by atoms with Gasteiger partial charge in [-0.05, 0) is 48.4 Å². The topological polar surface area (TPSA) is 114 Å². The predicted molar refractivity (Wildman–Crippen MR) is 128 cm³/mol. The first-order valence-corrected chi connectivity index (χ1v) is 12.2. The summed E-state index contributed by atoms with van der Waals surface area (Å²) >= 11 is 0. The summed E-state index contributed by atoms with van der Waals surface area (Å²) in [6.45, 7) is 2.31. The highest BCUT2D eigenvalue weighted by Crippen LogP contribution is 2.44. The second kappa shape index (κ2) is 9.34. The summed E-state index contributed by atoms with van der Waals surface area (Å²) in [6.07, 6.45) is 0.879. The second-order valence-electron chi connectivity index (χ2n) is 9.83. The number of carbonyl (C=O) groups is 3. The van der Waals surface area contributed by atoms with E-state index in [0.29, 0.717) is 25.9 Å². The van der Waals surface area contributed by atoms with Crippen molar-refractivity contribution in [2.24, 2.45) is 5.41 Å². The van der Waals surface area contributed by atoms with Crippen LogP contribution in [0.2, 0.25) is 0 Å². The van der Waals surface area contributed by atoms with E-state index >= 15 is 0 Å². The number of alkyl carbamates (subject to hydrolysis) is 1. The minimum atomic E-state index is -1.09. The number of ether oxygens (including phenoxy) is 2. The van der Waals surface area contributed by atoms with Crippen LogP contribution < -0.4 is 10.6 Å². The molecule has 0 spiro atoms. The minimum Gasteiger partial charge on any atom is -0.479 e. The Morgan fingerprint density at radius 1 is 1.03 bits per heavy atom. The Bertz CT molecular complexity index is 1100. The van der Waals surface area contributed by atoms with Gasteiger partial charge in [0.25, 0.3) is 0 Å². The van der Waals surface area contributed by atoms with Crippen LogP contribution in [0.15, 0.2) is 48.5 Å². The van der Waals surface area contributed by atoms with Crippen LogP contribution in [-0.4, -0.2) is 54.5 Å². The molecule has 2 aromatic carbocycles. The molecule has 1 saturated carbocycles. The Labute approximate surface area is 204 Å². The van der Waals surface area contributed by atoms with Crippen LogP contribution in [0.25, 0.3) is 11.1 Å². The smallest absolute Gasteiger partial charge is 0.407 e. The predicted octanol–water partition coefficient (Wildman–Crippen LogP) is 3.44. The van der Waals surface area contributed by atoms with Crippen LogP contribution >= 0.6 is 0 Å². The number of hydrogen-bond acceptors (Lipinski definition) is 5. The van der Waals surface area contributed by atoms with Gasteiger partial charge in [0.1, 0.15) is 6.61 Å². The van der Waals surface area contributed by atoms with Gasteiger partial charge < -0.3 is 25.2 Å². The maximum atomic E-state index is 13.2. The van der Waals surface area contributed by atoms with Crippen LogP contribution in [0, 0.1) is 5.41 Å². The molecule has 2 unspecified atom stereocenters. The zero-order valence-corrected chi connectivity index (χ0v) is 19.7. The lowest BCUT2D eigenvalue weighted by Gasteiger charge is -2.32. The van der Waals surface area contributed by atoms with Crippen LogP contribution in [0.4, 0.5) is 4.79 Å². The van der Waals surface area contributed by atoms with Crippen molar-refractivity contribution in [1.82, 2.24) is 10.6 Å². The fourth-order valence-corrected chi connectivity index (χ4v) is 5.77.